The Morgan fingerprint density at radius 3 is 2.48 bits per heavy atom. The van der Waals surface area contributed by atoms with Crippen molar-refractivity contribution >= 4 is 17.5 Å². The van der Waals surface area contributed by atoms with Crippen LogP contribution in [-0.4, -0.2) is 30.9 Å². The van der Waals surface area contributed by atoms with E-state index >= 15 is 0 Å². The summed E-state index contributed by atoms with van der Waals surface area (Å²) in [6, 6.07) is 13.2. The number of nitrogens with one attached hydrogen (secondary N) is 3. The molecule has 0 bridgehead atoms. The van der Waals surface area contributed by atoms with E-state index in [1.807, 2.05) is 31.2 Å². The Hall–Kier alpha value is -2.77. The summed E-state index contributed by atoms with van der Waals surface area (Å²) >= 11 is 0. The summed E-state index contributed by atoms with van der Waals surface area (Å²) < 4.78 is 13.6. The first-order valence-electron chi connectivity index (χ1n) is 9.80. The van der Waals surface area contributed by atoms with Crippen molar-refractivity contribution in [2.24, 2.45) is 5.73 Å². The molecule has 2 aromatic rings. The van der Waals surface area contributed by atoms with E-state index in [0.29, 0.717) is 24.2 Å². The van der Waals surface area contributed by atoms with Gasteiger partial charge in [0.1, 0.15) is 11.9 Å². The van der Waals surface area contributed by atoms with E-state index < -0.39 is 6.04 Å². The van der Waals surface area contributed by atoms with Gasteiger partial charge in [-0.3, -0.25) is 9.59 Å². The minimum absolute atomic E-state index is 0.0144. The first-order valence-corrected chi connectivity index (χ1v) is 9.80. The van der Waals surface area contributed by atoms with Gasteiger partial charge in [-0.15, -0.1) is 0 Å². The van der Waals surface area contributed by atoms with Gasteiger partial charge in [-0.1, -0.05) is 35.9 Å². The van der Waals surface area contributed by atoms with E-state index in [0.717, 1.165) is 18.4 Å². The smallest absolute Gasteiger partial charge is 0.246 e. The van der Waals surface area contributed by atoms with Gasteiger partial charge in [-0.2, -0.15) is 0 Å². The second-order valence-electron chi connectivity index (χ2n) is 6.95. The normalized spacial score (nSPS) is 11.7. The van der Waals surface area contributed by atoms with E-state index in [1.54, 1.807) is 18.2 Å². The van der Waals surface area contributed by atoms with Gasteiger partial charge in [0.25, 0.3) is 0 Å². The highest BCUT2D eigenvalue weighted by Gasteiger charge is 2.20. The number of halogens is 1. The van der Waals surface area contributed by atoms with Crippen LogP contribution < -0.4 is 21.7 Å². The quantitative estimate of drug-likeness (QED) is 0.436. The molecule has 0 saturated heterocycles. The summed E-state index contributed by atoms with van der Waals surface area (Å²) in [5.74, 6) is -0.913. The number of amides is 2. The van der Waals surface area contributed by atoms with Crippen LogP contribution in [-0.2, 0) is 16.1 Å². The van der Waals surface area contributed by atoms with E-state index in [2.05, 4.69) is 16.0 Å². The fourth-order valence-electron chi connectivity index (χ4n) is 2.83. The van der Waals surface area contributed by atoms with Crippen LogP contribution in [0.5, 0.6) is 0 Å². The number of carbonyl (C=O) groups excluding carboxylic acids is 2. The van der Waals surface area contributed by atoms with Crippen molar-refractivity contribution in [3.8, 4) is 0 Å². The van der Waals surface area contributed by atoms with Gasteiger partial charge in [0.2, 0.25) is 11.8 Å². The van der Waals surface area contributed by atoms with Crippen LogP contribution in [0, 0.1) is 12.7 Å². The van der Waals surface area contributed by atoms with E-state index in [1.165, 1.54) is 6.07 Å². The number of benzene rings is 2. The van der Waals surface area contributed by atoms with Crippen molar-refractivity contribution in [1.82, 2.24) is 10.6 Å². The molecule has 2 aromatic carbocycles. The van der Waals surface area contributed by atoms with Crippen molar-refractivity contribution in [3.63, 3.8) is 0 Å². The lowest BCUT2D eigenvalue weighted by Gasteiger charge is -2.19. The molecule has 0 heterocycles. The summed E-state index contributed by atoms with van der Waals surface area (Å²) in [7, 11) is 0. The van der Waals surface area contributed by atoms with Crippen LogP contribution in [0.1, 0.15) is 30.4 Å². The fourth-order valence-corrected chi connectivity index (χ4v) is 2.83. The minimum Gasteiger partial charge on any atom is -0.343 e. The third-order valence-corrected chi connectivity index (χ3v) is 4.48. The van der Waals surface area contributed by atoms with Gasteiger partial charge in [-0.25, -0.2) is 4.39 Å². The predicted octanol–water partition coefficient (Wildman–Crippen LogP) is 2.48. The summed E-state index contributed by atoms with van der Waals surface area (Å²) in [4.78, 5) is 24.9. The zero-order valence-corrected chi connectivity index (χ0v) is 16.7. The molecule has 1 atom stereocenters. The zero-order chi connectivity index (χ0) is 21.1. The van der Waals surface area contributed by atoms with E-state index in [4.69, 9.17) is 5.73 Å². The average molecular weight is 400 g/mol. The number of hydrogen-bond donors (Lipinski definition) is 4. The lowest BCUT2D eigenvalue weighted by Crippen LogP contribution is -2.46. The Morgan fingerprint density at radius 2 is 1.79 bits per heavy atom. The molecule has 2 amide bonds. The monoisotopic (exact) mass is 400 g/mol. The molecule has 156 valence electrons. The number of carbonyl (C=O) groups is 2. The molecule has 7 heteroatoms. The van der Waals surface area contributed by atoms with Crippen LogP contribution >= 0.6 is 0 Å². The highest BCUT2D eigenvalue weighted by Crippen LogP contribution is 2.11. The third-order valence-electron chi connectivity index (χ3n) is 4.48. The SMILES string of the molecule is Cc1ccc(NC(=O)[C@H](CCCCN)NC(=O)CNCc2ccccc2F)cc1. The van der Waals surface area contributed by atoms with Crippen molar-refractivity contribution < 1.29 is 14.0 Å². The van der Waals surface area contributed by atoms with Crippen LogP contribution in [0.4, 0.5) is 10.1 Å². The molecule has 0 radical (unpaired) electrons. The summed E-state index contributed by atoms with van der Waals surface area (Å²) in [5.41, 5.74) is 7.79. The average Bonchev–Trinajstić information content (AvgIpc) is 2.70. The number of aryl methyl sites for hydroxylation is 1. The standard InChI is InChI=1S/C22H29FN4O2/c1-16-9-11-18(12-10-16)26-22(29)20(8-4-5-13-24)27-21(28)15-25-14-17-6-2-3-7-19(17)23/h2-3,6-7,9-12,20,25H,4-5,8,13-15,24H2,1H3,(H,26,29)(H,27,28)/t20-/m0/s1. The Labute approximate surface area is 171 Å². The maximum Gasteiger partial charge on any atom is 0.246 e. The van der Waals surface area contributed by atoms with Crippen LogP contribution in [0.2, 0.25) is 0 Å². The molecular formula is C22H29FN4O2. The lowest BCUT2D eigenvalue weighted by atomic mass is 10.1. The fraction of sp³-hybridized carbons (Fsp3) is 0.364. The molecule has 0 fully saturated rings. The van der Waals surface area contributed by atoms with Gasteiger partial charge in [0.15, 0.2) is 0 Å². The number of rotatable bonds is 11. The Bertz CT molecular complexity index is 796. The Morgan fingerprint density at radius 1 is 1.07 bits per heavy atom. The van der Waals surface area contributed by atoms with E-state index in [-0.39, 0.29) is 30.7 Å². The Balaban J connectivity index is 1.88. The third kappa shape index (κ3) is 8.01. The van der Waals surface area contributed by atoms with Gasteiger partial charge in [0.05, 0.1) is 6.54 Å². The largest absolute Gasteiger partial charge is 0.343 e. The molecule has 0 aliphatic heterocycles. The van der Waals surface area contributed by atoms with Crippen molar-refractivity contribution in [1.29, 1.82) is 0 Å². The summed E-state index contributed by atoms with van der Waals surface area (Å²) in [5, 5.41) is 8.50. The number of nitrogens with two attached hydrogens (primary N) is 1. The molecule has 0 aliphatic rings. The molecule has 29 heavy (non-hydrogen) atoms. The zero-order valence-electron chi connectivity index (χ0n) is 16.7. The molecule has 0 unspecified atom stereocenters. The molecule has 0 aromatic heterocycles. The van der Waals surface area contributed by atoms with Gasteiger partial charge in [-0.05, 0) is 50.9 Å². The second kappa shape index (κ2) is 11.9. The van der Waals surface area contributed by atoms with Crippen molar-refractivity contribution in [2.45, 2.75) is 38.8 Å². The molecule has 2 rings (SSSR count). The Kier molecular flexibility index (Phi) is 9.27. The second-order valence-corrected chi connectivity index (χ2v) is 6.95. The van der Waals surface area contributed by atoms with Crippen LogP contribution in [0.25, 0.3) is 0 Å². The maximum absolute atomic E-state index is 13.6. The molecule has 0 saturated carbocycles. The first kappa shape index (κ1) is 22.5. The van der Waals surface area contributed by atoms with Gasteiger partial charge < -0.3 is 21.7 Å². The predicted molar refractivity (Wildman–Crippen MR) is 113 cm³/mol. The maximum atomic E-state index is 13.6. The van der Waals surface area contributed by atoms with Gasteiger partial charge >= 0.3 is 0 Å². The molecule has 6 nitrogen and oxygen atoms in total. The number of unbranched alkanes of at least 4 members (excludes halogenated alkanes) is 1. The van der Waals surface area contributed by atoms with Crippen molar-refractivity contribution in [3.05, 3.63) is 65.5 Å². The highest BCUT2D eigenvalue weighted by molar-refractivity contribution is 5.97. The highest BCUT2D eigenvalue weighted by atomic mass is 19.1. The first-order chi connectivity index (χ1) is 14.0. The molecule has 5 N–H and O–H groups in total. The topological polar surface area (TPSA) is 96.2 Å². The molecule has 0 spiro atoms. The number of anilines is 1. The molecular weight excluding hydrogens is 371 g/mol. The summed E-state index contributed by atoms with van der Waals surface area (Å²) in [6.45, 7) is 2.72. The van der Waals surface area contributed by atoms with Gasteiger partial charge in [0, 0.05) is 17.8 Å². The van der Waals surface area contributed by atoms with Crippen LogP contribution in [0.15, 0.2) is 48.5 Å². The van der Waals surface area contributed by atoms with E-state index in [9.17, 15) is 14.0 Å². The van der Waals surface area contributed by atoms with Crippen LogP contribution in [0.3, 0.4) is 0 Å². The number of hydrogen-bond acceptors (Lipinski definition) is 4. The molecule has 0 aliphatic carbocycles. The van der Waals surface area contributed by atoms with Crippen molar-refractivity contribution in [2.75, 3.05) is 18.4 Å². The lowest BCUT2D eigenvalue weighted by molar-refractivity contribution is -0.126. The minimum atomic E-state index is -0.661. The summed E-state index contributed by atoms with van der Waals surface area (Å²) in [6.07, 6.45) is 2.00.